The molecule has 3 heterocycles. The van der Waals surface area contributed by atoms with Gasteiger partial charge in [0.1, 0.15) is 0 Å². The van der Waals surface area contributed by atoms with Gasteiger partial charge in [0.25, 0.3) is 0 Å². The molecule has 3 aromatic heterocycles. The summed E-state index contributed by atoms with van der Waals surface area (Å²) in [6.45, 7) is 3.10. The van der Waals surface area contributed by atoms with Gasteiger partial charge in [-0.25, -0.2) is 4.52 Å². The lowest BCUT2D eigenvalue weighted by molar-refractivity contribution is 0.554. The van der Waals surface area contributed by atoms with Crippen LogP contribution in [0.15, 0.2) is 47.4 Å². The van der Waals surface area contributed by atoms with Crippen molar-refractivity contribution in [1.29, 1.82) is 0 Å². The molecule has 3 nitrogen and oxygen atoms in total. The van der Waals surface area contributed by atoms with Crippen LogP contribution in [0.25, 0.3) is 5.52 Å². The third-order valence-corrected chi connectivity index (χ3v) is 4.03. The minimum absolute atomic E-state index is 0.319. The van der Waals surface area contributed by atoms with Gasteiger partial charge in [-0.1, -0.05) is 13.0 Å². The zero-order valence-corrected chi connectivity index (χ0v) is 11.7. The Balaban J connectivity index is 1.95. The summed E-state index contributed by atoms with van der Waals surface area (Å²) in [5.74, 6) is 0. The van der Waals surface area contributed by atoms with E-state index in [0.717, 1.165) is 13.0 Å². The monoisotopic (exact) mass is 271 g/mol. The van der Waals surface area contributed by atoms with Crippen LogP contribution in [0.4, 0.5) is 0 Å². The molecular formula is C15H17N3S. The molecule has 0 aromatic carbocycles. The third kappa shape index (κ3) is 2.55. The van der Waals surface area contributed by atoms with Crippen molar-refractivity contribution in [3.8, 4) is 0 Å². The largest absolute Gasteiger partial charge is 0.310 e. The molecule has 1 N–H and O–H groups in total. The van der Waals surface area contributed by atoms with E-state index in [2.05, 4.69) is 46.3 Å². The number of nitrogens with one attached hydrogen (secondary N) is 1. The Hall–Kier alpha value is -1.65. The molecule has 0 saturated carbocycles. The van der Waals surface area contributed by atoms with Crippen LogP contribution in [0.2, 0.25) is 0 Å². The minimum Gasteiger partial charge on any atom is -0.310 e. The number of pyridine rings is 1. The van der Waals surface area contributed by atoms with Crippen LogP contribution in [0.1, 0.15) is 24.1 Å². The first kappa shape index (κ1) is 12.4. The second kappa shape index (κ2) is 5.55. The van der Waals surface area contributed by atoms with Gasteiger partial charge in [-0.05, 0) is 47.5 Å². The lowest BCUT2D eigenvalue weighted by Crippen LogP contribution is -2.22. The second-order valence-electron chi connectivity index (χ2n) is 4.58. The number of fused-ring (bicyclic) bond motifs is 1. The van der Waals surface area contributed by atoms with Crippen molar-refractivity contribution in [1.82, 2.24) is 14.9 Å². The Labute approximate surface area is 116 Å². The van der Waals surface area contributed by atoms with Crippen LogP contribution in [-0.2, 0) is 6.42 Å². The van der Waals surface area contributed by atoms with Gasteiger partial charge in [0.2, 0.25) is 0 Å². The highest BCUT2D eigenvalue weighted by Gasteiger charge is 2.16. The van der Waals surface area contributed by atoms with Crippen molar-refractivity contribution < 1.29 is 0 Å². The lowest BCUT2D eigenvalue weighted by Gasteiger charge is -2.16. The lowest BCUT2D eigenvalue weighted by atomic mass is 10.0. The number of likely N-dealkylation sites (N-methyl/N-ethyl adjacent to an activating group) is 1. The molecule has 0 aliphatic rings. The average Bonchev–Trinajstić information content (AvgIpc) is 3.07. The standard InChI is InChI=1S/C15H17N3S/c1-2-16-14(9-12-6-8-19-11-12)13-10-17-18-7-4-3-5-15(13)18/h3-8,10-11,14,16H,2,9H2,1H3. The molecule has 0 aliphatic heterocycles. The summed E-state index contributed by atoms with van der Waals surface area (Å²) < 4.78 is 1.94. The Morgan fingerprint density at radius 1 is 1.37 bits per heavy atom. The number of hydrogen-bond donors (Lipinski definition) is 1. The van der Waals surface area contributed by atoms with Crippen LogP contribution in [0.5, 0.6) is 0 Å². The average molecular weight is 271 g/mol. The van der Waals surface area contributed by atoms with Gasteiger partial charge < -0.3 is 5.32 Å². The van der Waals surface area contributed by atoms with Crippen molar-refractivity contribution in [2.45, 2.75) is 19.4 Å². The zero-order chi connectivity index (χ0) is 13.1. The highest BCUT2D eigenvalue weighted by Crippen LogP contribution is 2.23. The molecule has 98 valence electrons. The predicted molar refractivity (Wildman–Crippen MR) is 79.6 cm³/mol. The molecular weight excluding hydrogens is 254 g/mol. The highest BCUT2D eigenvalue weighted by molar-refractivity contribution is 7.07. The van der Waals surface area contributed by atoms with Gasteiger partial charge >= 0.3 is 0 Å². The normalized spacial score (nSPS) is 12.9. The van der Waals surface area contributed by atoms with Crippen LogP contribution in [-0.4, -0.2) is 16.2 Å². The predicted octanol–water partition coefficient (Wildman–Crippen LogP) is 3.29. The maximum absolute atomic E-state index is 4.43. The fourth-order valence-corrected chi connectivity index (χ4v) is 3.09. The van der Waals surface area contributed by atoms with E-state index in [1.54, 1.807) is 11.3 Å². The van der Waals surface area contributed by atoms with E-state index >= 15 is 0 Å². The van der Waals surface area contributed by atoms with Gasteiger partial charge in [0, 0.05) is 17.8 Å². The molecule has 0 spiro atoms. The molecule has 1 atom stereocenters. The molecule has 0 fully saturated rings. The van der Waals surface area contributed by atoms with Gasteiger partial charge in [-0.2, -0.15) is 16.4 Å². The first-order chi connectivity index (χ1) is 9.38. The molecule has 0 radical (unpaired) electrons. The minimum atomic E-state index is 0.319. The summed E-state index contributed by atoms with van der Waals surface area (Å²) in [5.41, 5.74) is 3.84. The zero-order valence-electron chi connectivity index (χ0n) is 10.9. The Morgan fingerprint density at radius 3 is 3.11 bits per heavy atom. The Kier molecular flexibility index (Phi) is 3.62. The molecule has 0 saturated heterocycles. The molecule has 0 bridgehead atoms. The molecule has 4 heteroatoms. The van der Waals surface area contributed by atoms with Gasteiger partial charge in [0.15, 0.2) is 0 Å². The fraction of sp³-hybridized carbons (Fsp3) is 0.267. The molecule has 0 amide bonds. The van der Waals surface area contributed by atoms with Crippen molar-refractivity contribution in [2.75, 3.05) is 6.54 Å². The van der Waals surface area contributed by atoms with E-state index < -0.39 is 0 Å². The van der Waals surface area contributed by atoms with E-state index in [1.807, 2.05) is 23.0 Å². The smallest absolute Gasteiger partial charge is 0.0709 e. The van der Waals surface area contributed by atoms with Crippen LogP contribution < -0.4 is 5.32 Å². The number of hydrogen-bond acceptors (Lipinski definition) is 3. The van der Waals surface area contributed by atoms with Crippen molar-refractivity contribution in [3.05, 3.63) is 58.5 Å². The Bertz CT molecular complexity index is 642. The number of aromatic nitrogens is 2. The number of nitrogens with zero attached hydrogens (tertiary/aromatic N) is 2. The van der Waals surface area contributed by atoms with E-state index in [4.69, 9.17) is 0 Å². The molecule has 3 rings (SSSR count). The van der Waals surface area contributed by atoms with Crippen LogP contribution in [0, 0.1) is 0 Å². The van der Waals surface area contributed by atoms with Crippen molar-refractivity contribution in [2.24, 2.45) is 0 Å². The van der Waals surface area contributed by atoms with E-state index in [1.165, 1.54) is 16.6 Å². The van der Waals surface area contributed by atoms with Gasteiger partial charge in [-0.3, -0.25) is 0 Å². The number of thiophene rings is 1. The van der Waals surface area contributed by atoms with Crippen LogP contribution in [0.3, 0.4) is 0 Å². The summed E-state index contributed by atoms with van der Waals surface area (Å²) in [5, 5.41) is 12.3. The summed E-state index contributed by atoms with van der Waals surface area (Å²) in [4.78, 5) is 0. The van der Waals surface area contributed by atoms with Gasteiger partial charge in [0.05, 0.1) is 11.7 Å². The first-order valence-electron chi connectivity index (χ1n) is 6.55. The summed E-state index contributed by atoms with van der Waals surface area (Å²) in [6, 6.07) is 8.71. The summed E-state index contributed by atoms with van der Waals surface area (Å²) in [6.07, 6.45) is 4.98. The second-order valence-corrected chi connectivity index (χ2v) is 5.36. The maximum Gasteiger partial charge on any atom is 0.0709 e. The van der Waals surface area contributed by atoms with E-state index in [0.29, 0.717) is 6.04 Å². The van der Waals surface area contributed by atoms with Crippen LogP contribution >= 0.6 is 11.3 Å². The van der Waals surface area contributed by atoms with E-state index in [9.17, 15) is 0 Å². The molecule has 19 heavy (non-hydrogen) atoms. The van der Waals surface area contributed by atoms with Crippen molar-refractivity contribution in [3.63, 3.8) is 0 Å². The first-order valence-corrected chi connectivity index (χ1v) is 7.49. The Morgan fingerprint density at radius 2 is 2.32 bits per heavy atom. The molecule has 1 unspecified atom stereocenters. The summed E-state index contributed by atoms with van der Waals surface area (Å²) in [7, 11) is 0. The van der Waals surface area contributed by atoms with E-state index in [-0.39, 0.29) is 0 Å². The topological polar surface area (TPSA) is 29.3 Å². The van der Waals surface area contributed by atoms with Gasteiger partial charge in [-0.15, -0.1) is 0 Å². The SMILES string of the molecule is CCNC(Cc1ccsc1)c1cnn2ccccc12. The fourth-order valence-electron chi connectivity index (χ4n) is 2.41. The maximum atomic E-state index is 4.43. The quantitative estimate of drug-likeness (QED) is 0.771. The summed E-state index contributed by atoms with van der Waals surface area (Å²) >= 11 is 1.75. The number of rotatable bonds is 5. The van der Waals surface area contributed by atoms with Crippen molar-refractivity contribution >= 4 is 16.9 Å². The highest BCUT2D eigenvalue weighted by atomic mass is 32.1. The molecule has 0 aliphatic carbocycles. The molecule has 3 aromatic rings. The third-order valence-electron chi connectivity index (χ3n) is 3.30.